The lowest BCUT2D eigenvalue weighted by Crippen LogP contribution is -2.01. The third-order valence-corrected chi connectivity index (χ3v) is 2.82. The van der Waals surface area contributed by atoms with Crippen molar-refractivity contribution in [3.63, 3.8) is 0 Å². The number of nitrogens with two attached hydrogens (primary N) is 1. The van der Waals surface area contributed by atoms with E-state index >= 15 is 0 Å². The van der Waals surface area contributed by atoms with Gasteiger partial charge in [0.25, 0.3) is 0 Å². The molecular weight excluding hydrogens is 301 g/mol. The first-order valence-electron chi connectivity index (χ1n) is 4.67. The summed E-state index contributed by atoms with van der Waals surface area (Å²) in [6.07, 6.45) is 1.34. The highest BCUT2D eigenvalue weighted by molar-refractivity contribution is 6.39. The number of benzene rings is 1. The molecule has 0 saturated carbocycles. The van der Waals surface area contributed by atoms with Crippen LogP contribution in [0.25, 0.3) is 0 Å². The number of hydrogen-bond donors (Lipinski definition) is 2. The molecule has 0 fully saturated rings. The minimum Gasteiger partial charge on any atom is -0.394 e. The van der Waals surface area contributed by atoms with E-state index in [4.69, 9.17) is 40.5 Å². The van der Waals surface area contributed by atoms with Gasteiger partial charge in [-0.2, -0.15) is 4.98 Å². The van der Waals surface area contributed by atoms with Crippen LogP contribution in [0.3, 0.4) is 0 Å². The third-order valence-electron chi connectivity index (χ3n) is 2.04. The lowest BCUT2D eigenvalue weighted by atomic mass is 10.3. The van der Waals surface area contributed by atoms with Crippen molar-refractivity contribution in [2.75, 3.05) is 11.1 Å². The van der Waals surface area contributed by atoms with E-state index in [2.05, 4.69) is 15.3 Å². The summed E-state index contributed by atoms with van der Waals surface area (Å²) in [7, 11) is 0. The Morgan fingerprint density at radius 2 is 1.78 bits per heavy atom. The Morgan fingerprint density at radius 1 is 1.17 bits per heavy atom. The summed E-state index contributed by atoms with van der Waals surface area (Å²) in [5, 5.41) is 3.01. The van der Waals surface area contributed by atoms with Crippen LogP contribution in [0.4, 0.5) is 21.6 Å². The van der Waals surface area contributed by atoms with E-state index in [1.165, 1.54) is 6.20 Å². The molecule has 2 aromatic rings. The molecule has 0 radical (unpaired) electrons. The average molecular weight is 308 g/mol. The second kappa shape index (κ2) is 5.14. The molecule has 1 aromatic carbocycles. The predicted molar refractivity (Wildman–Crippen MR) is 71.2 cm³/mol. The Morgan fingerprint density at radius 3 is 2.39 bits per heavy atom. The molecule has 2 rings (SSSR count). The first kappa shape index (κ1) is 13.1. The second-order valence-corrected chi connectivity index (χ2v) is 4.46. The topological polar surface area (TPSA) is 63.8 Å². The third kappa shape index (κ3) is 2.75. The van der Waals surface area contributed by atoms with Crippen LogP contribution in [0.5, 0.6) is 0 Å². The summed E-state index contributed by atoms with van der Waals surface area (Å²) in [6, 6.07) is 2.24. The zero-order chi connectivity index (χ0) is 13.3. The van der Waals surface area contributed by atoms with Gasteiger partial charge in [0.1, 0.15) is 5.82 Å². The number of nitrogen functional groups attached to an aromatic ring is 1. The summed E-state index contributed by atoms with van der Waals surface area (Å²) in [5.41, 5.74) is 6.21. The Balaban J connectivity index is 2.43. The lowest BCUT2D eigenvalue weighted by Gasteiger charge is -2.11. The van der Waals surface area contributed by atoms with E-state index in [9.17, 15) is 4.39 Å². The maximum absolute atomic E-state index is 13.0. The lowest BCUT2D eigenvalue weighted by molar-refractivity contribution is 0.628. The first-order valence-corrected chi connectivity index (χ1v) is 5.80. The molecule has 0 spiro atoms. The van der Waals surface area contributed by atoms with Crippen LogP contribution in [-0.2, 0) is 0 Å². The van der Waals surface area contributed by atoms with Crippen molar-refractivity contribution in [2.45, 2.75) is 0 Å². The highest BCUT2D eigenvalue weighted by Gasteiger charge is 2.11. The fourth-order valence-electron chi connectivity index (χ4n) is 1.25. The van der Waals surface area contributed by atoms with Gasteiger partial charge in [0.2, 0.25) is 5.28 Å². The van der Waals surface area contributed by atoms with Gasteiger partial charge in [0.15, 0.2) is 5.82 Å². The summed E-state index contributed by atoms with van der Waals surface area (Å²) >= 11 is 17.4. The van der Waals surface area contributed by atoms with Crippen LogP contribution in [0.2, 0.25) is 15.3 Å². The molecule has 1 aromatic heterocycles. The Kier molecular flexibility index (Phi) is 3.75. The van der Waals surface area contributed by atoms with E-state index in [0.29, 0.717) is 5.69 Å². The highest BCUT2D eigenvalue weighted by Crippen LogP contribution is 2.34. The number of aromatic nitrogens is 2. The van der Waals surface area contributed by atoms with Gasteiger partial charge in [-0.3, -0.25) is 0 Å². The summed E-state index contributed by atoms with van der Waals surface area (Å²) in [6.45, 7) is 0. The van der Waals surface area contributed by atoms with Gasteiger partial charge in [-0.15, -0.1) is 0 Å². The van der Waals surface area contributed by atoms with E-state index in [1.807, 2.05) is 0 Å². The van der Waals surface area contributed by atoms with Crippen LogP contribution in [0.1, 0.15) is 0 Å². The van der Waals surface area contributed by atoms with Crippen LogP contribution >= 0.6 is 34.8 Å². The van der Waals surface area contributed by atoms with Gasteiger partial charge in [-0.25, -0.2) is 9.37 Å². The molecule has 0 saturated heterocycles. The standard InChI is InChI=1S/C10H6Cl3FN4/c11-5-1-4(14)2-6(12)8(5)17-9-7(15)3-16-10(13)18-9/h1-3H,15H2,(H,16,17,18). The quantitative estimate of drug-likeness (QED) is 0.826. The Hall–Kier alpha value is -1.30. The normalized spacial score (nSPS) is 10.4. The van der Waals surface area contributed by atoms with Gasteiger partial charge in [0.05, 0.1) is 27.6 Å². The van der Waals surface area contributed by atoms with E-state index in [-0.39, 0.29) is 26.8 Å². The zero-order valence-electron chi connectivity index (χ0n) is 8.72. The number of nitrogens with zero attached hydrogens (tertiary/aromatic N) is 2. The fourth-order valence-corrected chi connectivity index (χ4v) is 1.94. The highest BCUT2D eigenvalue weighted by atomic mass is 35.5. The van der Waals surface area contributed by atoms with Crippen molar-refractivity contribution in [3.8, 4) is 0 Å². The average Bonchev–Trinajstić information content (AvgIpc) is 2.28. The molecule has 94 valence electrons. The fraction of sp³-hybridized carbons (Fsp3) is 0. The molecule has 4 nitrogen and oxygen atoms in total. The maximum atomic E-state index is 13.0. The summed E-state index contributed by atoms with van der Waals surface area (Å²) < 4.78 is 13.0. The molecule has 0 unspecified atom stereocenters. The molecule has 18 heavy (non-hydrogen) atoms. The zero-order valence-corrected chi connectivity index (χ0v) is 11.0. The number of halogens is 4. The van der Waals surface area contributed by atoms with Crippen molar-refractivity contribution in [3.05, 3.63) is 39.5 Å². The second-order valence-electron chi connectivity index (χ2n) is 3.31. The molecule has 3 N–H and O–H groups in total. The van der Waals surface area contributed by atoms with Crippen LogP contribution in [0, 0.1) is 5.82 Å². The van der Waals surface area contributed by atoms with Gasteiger partial charge in [-0.05, 0) is 23.7 Å². The number of rotatable bonds is 2. The number of anilines is 3. The molecule has 1 heterocycles. The van der Waals surface area contributed by atoms with Gasteiger partial charge in [0, 0.05) is 0 Å². The van der Waals surface area contributed by atoms with Crippen LogP contribution in [0.15, 0.2) is 18.3 Å². The van der Waals surface area contributed by atoms with Gasteiger partial charge in [-0.1, -0.05) is 23.2 Å². The summed E-state index contributed by atoms with van der Waals surface area (Å²) in [5.74, 6) is -0.297. The Labute approximate surface area is 117 Å². The number of nitrogens with one attached hydrogen (secondary N) is 1. The summed E-state index contributed by atoms with van der Waals surface area (Å²) in [4.78, 5) is 7.58. The van der Waals surface area contributed by atoms with Gasteiger partial charge >= 0.3 is 0 Å². The van der Waals surface area contributed by atoms with E-state index < -0.39 is 5.82 Å². The van der Waals surface area contributed by atoms with Crippen molar-refractivity contribution in [1.82, 2.24) is 9.97 Å². The molecule has 0 aliphatic rings. The van der Waals surface area contributed by atoms with E-state index in [0.717, 1.165) is 12.1 Å². The molecule has 8 heteroatoms. The molecular formula is C10H6Cl3FN4. The van der Waals surface area contributed by atoms with Crippen molar-refractivity contribution >= 4 is 52.0 Å². The van der Waals surface area contributed by atoms with Crippen molar-refractivity contribution < 1.29 is 4.39 Å². The smallest absolute Gasteiger partial charge is 0.224 e. The molecule has 0 atom stereocenters. The number of hydrogen-bond acceptors (Lipinski definition) is 4. The van der Waals surface area contributed by atoms with Crippen molar-refractivity contribution in [1.29, 1.82) is 0 Å². The molecule has 0 aliphatic heterocycles. The maximum Gasteiger partial charge on any atom is 0.224 e. The minimum absolute atomic E-state index is 0.0149. The monoisotopic (exact) mass is 306 g/mol. The SMILES string of the molecule is Nc1cnc(Cl)nc1Nc1c(Cl)cc(F)cc1Cl. The molecule has 0 amide bonds. The predicted octanol–water partition coefficient (Wildman–Crippen LogP) is 3.90. The first-order chi connectivity index (χ1) is 8.47. The largest absolute Gasteiger partial charge is 0.394 e. The van der Waals surface area contributed by atoms with Gasteiger partial charge < -0.3 is 11.1 Å². The Bertz CT molecular complexity index is 583. The molecule has 0 bridgehead atoms. The van der Waals surface area contributed by atoms with Crippen molar-refractivity contribution in [2.24, 2.45) is 0 Å². The molecule has 0 aliphatic carbocycles. The minimum atomic E-state index is -0.538. The van der Waals surface area contributed by atoms with Crippen LogP contribution < -0.4 is 11.1 Å². The van der Waals surface area contributed by atoms with E-state index in [1.54, 1.807) is 0 Å². The van der Waals surface area contributed by atoms with Crippen LogP contribution in [-0.4, -0.2) is 9.97 Å².